The van der Waals surface area contributed by atoms with E-state index in [1.54, 1.807) is 17.0 Å². The molecule has 8 heteroatoms. The van der Waals surface area contributed by atoms with E-state index in [0.29, 0.717) is 40.3 Å². The van der Waals surface area contributed by atoms with E-state index in [1.165, 1.54) is 12.4 Å². The minimum atomic E-state index is -0.0522. The number of anilines is 1. The van der Waals surface area contributed by atoms with Gasteiger partial charge in [-0.15, -0.1) is 0 Å². The number of likely N-dealkylation sites (tertiary alicyclic amines) is 1. The lowest BCUT2D eigenvalue weighted by atomic mass is 10.2. The molecule has 0 bridgehead atoms. The summed E-state index contributed by atoms with van der Waals surface area (Å²) in [5.74, 6) is 6.80. The summed E-state index contributed by atoms with van der Waals surface area (Å²) in [5, 5.41) is 5.22. The molecule has 0 saturated carbocycles. The predicted molar refractivity (Wildman–Crippen MR) is 115 cm³/mol. The normalized spacial score (nSPS) is 15.8. The number of benzene rings is 1. The molecule has 3 heterocycles. The minimum absolute atomic E-state index is 0.0522. The van der Waals surface area contributed by atoms with Crippen molar-refractivity contribution in [1.82, 2.24) is 19.9 Å². The maximum Gasteiger partial charge on any atom is 0.246 e. The van der Waals surface area contributed by atoms with Gasteiger partial charge in [0.2, 0.25) is 5.91 Å². The Morgan fingerprint density at radius 1 is 1.28 bits per heavy atom. The van der Waals surface area contributed by atoms with Crippen LogP contribution in [0.4, 0.5) is 5.82 Å². The number of aromatic amines is 1. The second-order valence-electron chi connectivity index (χ2n) is 6.66. The van der Waals surface area contributed by atoms with Gasteiger partial charge in [0.15, 0.2) is 0 Å². The number of amides is 1. The largest absolute Gasteiger partial charge is 0.365 e. The van der Waals surface area contributed by atoms with Gasteiger partial charge >= 0.3 is 0 Å². The van der Waals surface area contributed by atoms with Gasteiger partial charge in [0.05, 0.1) is 21.1 Å². The van der Waals surface area contributed by atoms with Crippen molar-refractivity contribution in [1.29, 1.82) is 0 Å². The van der Waals surface area contributed by atoms with Gasteiger partial charge < -0.3 is 15.2 Å². The number of fused-ring (bicyclic) bond motifs is 1. The van der Waals surface area contributed by atoms with Gasteiger partial charge in [-0.05, 0) is 42.7 Å². The number of carbonyl (C=O) groups is 1. The Kier molecular flexibility index (Phi) is 5.43. The molecule has 1 saturated heterocycles. The number of aromatic nitrogens is 3. The fraction of sp³-hybridized carbons (Fsp3) is 0.190. The van der Waals surface area contributed by atoms with Gasteiger partial charge in [-0.25, -0.2) is 9.97 Å². The second-order valence-corrected chi connectivity index (χ2v) is 7.48. The van der Waals surface area contributed by atoms with Gasteiger partial charge in [0, 0.05) is 24.7 Å². The molecule has 1 amide bonds. The van der Waals surface area contributed by atoms with E-state index < -0.39 is 0 Å². The van der Waals surface area contributed by atoms with Gasteiger partial charge in [0.1, 0.15) is 17.8 Å². The van der Waals surface area contributed by atoms with E-state index in [-0.39, 0.29) is 11.9 Å². The van der Waals surface area contributed by atoms with Crippen LogP contribution in [0.2, 0.25) is 10.0 Å². The average Bonchev–Trinajstić information content (AvgIpc) is 3.35. The smallest absolute Gasteiger partial charge is 0.246 e. The summed E-state index contributed by atoms with van der Waals surface area (Å²) >= 11 is 12.0. The number of nitrogens with zero attached hydrogens (tertiary/aromatic N) is 3. The molecule has 1 fully saturated rings. The van der Waals surface area contributed by atoms with Crippen molar-refractivity contribution < 1.29 is 4.79 Å². The Labute approximate surface area is 177 Å². The summed E-state index contributed by atoms with van der Waals surface area (Å²) in [4.78, 5) is 25.4. The molecule has 2 N–H and O–H groups in total. The summed E-state index contributed by atoms with van der Waals surface area (Å²) in [7, 11) is 0. The number of halogens is 2. The van der Waals surface area contributed by atoms with Crippen LogP contribution in [0.3, 0.4) is 0 Å². The number of carbonyl (C=O) groups excluding carboxylic acids is 1. The van der Waals surface area contributed by atoms with Crippen LogP contribution in [0, 0.1) is 11.8 Å². The number of nitrogens with one attached hydrogen (secondary N) is 2. The van der Waals surface area contributed by atoms with Crippen molar-refractivity contribution in [2.24, 2.45) is 0 Å². The summed E-state index contributed by atoms with van der Waals surface area (Å²) in [5.41, 5.74) is 2.17. The van der Waals surface area contributed by atoms with Crippen molar-refractivity contribution in [2.75, 3.05) is 18.4 Å². The van der Waals surface area contributed by atoms with Crippen LogP contribution in [0.15, 0.2) is 43.2 Å². The molecule has 2 aromatic heterocycles. The molecule has 6 nitrogen and oxygen atoms in total. The van der Waals surface area contributed by atoms with Crippen LogP contribution < -0.4 is 5.32 Å². The first-order valence-electron chi connectivity index (χ1n) is 9.02. The number of H-pyrrole nitrogens is 1. The van der Waals surface area contributed by atoms with Crippen molar-refractivity contribution in [3.05, 3.63) is 64.6 Å². The molecule has 1 atom stereocenters. The third-order valence-electron chi connectivity index (χ3n) is 4.70. The van der Waals surface area contributed by atoms with E-state index in [4.69, 9.17) is 23.2 Å². The highest BCUT2D eigenvalue weighted by Gasteiger charge is 2.25. The highest BCUT2D eigenvalue weighted by molar-refractivity contribution is 6.42. The third kappa shape index (κ3) is 4.21. The fourth-order valence-electron chi connectivity index (χ4n) is 3.24. The lowest BCUT2D eigenvalue weighted by Crippen LogP contribution is -2.30. The molecule has 0 aliphatic carbocycles. The van der Waals surface area contributed by atoms with Crippen LogP contribution in [-0.4, -0.2) is 44.9 Å². The summed E-state index contributed by atoms with van der Waals surface area (Å²) in [6, 6.07) is 7.28. The maximum atomic E-state index is 11.8. The van der Waals surface area contributed by atoms with E-state index in [9.17, 15) is 4.79 Å². The lowest BCUT2D eigenvalue weighted by molar-refractivity contribution is -0.125. The quantitative estimate of drug-likeness (QED) is 0.493. The molecule has 0 unspecified atom stereocenters. The first-order valence-corrected chi connectivity index (χ1v) is 9.78. The first kappa shape index (κ1) is 19.3. The van der Waals surface area contributed by atoms with Crippen LogP contribution >= 0.6 is 23.2 Å². The monoisotopic (exact) mass is 425 g/mol. The molecule has 29 heavy (non-hydrogen) atoms. The average molecular weight is 426 g/mol. The number of hydrogen-bond acceptors (Lipinski definition) is 4. The molecule has 146 valence electrons. The Morgan fingerprint density at radius 2 is 2.14 bits per heavy atom. The zero-order valence-electron chi connectivity index (χ0n) is 15.4. The van der Waals surface area contributed by atoms with Crippen molar-refractivity contribution in [3.8, 4) is 11.8 Å². The van der Waals surface area contributed by atoms with Crippen molar-refractivity contribution >= 4 is 46.0 Å². The van der Waals surface area contributed by atoms with E-state index >= 15 is 0 Å². The van der Waals surface area contributed by atoms with E-state index in [2.05, 4.69) is 38.7 Å². The van der Waals surface area contributed by atoms with E-state index in [1.807, 2.05) is 12.1 Å². The summed E-state index contributed by atoms with van der Waals surface area (Å²) < 4.78 is 0. The molecule has 0 radical (unpaired) electrons. The SMILES string of the molecule is C=CC(=O)N1CC[C@@H](Nc2ncnc3[nH]c(C#Cc4ccc(Cl)c(Cl)c4)cc23)C1. The topological polar surface area (TPSA) is 73.9 Å². The Morgan fingerprint density at radius 3 is 2.93 bits per heavy atom. The molecule has 1 aromatic carbocycles. The number of rotatable bonds is 3. The van der Waals surface area contributed by atoms with Crippen LogP contribution in [0.25, 0.3) is 11.0 Å². The van der Waals surface area contributed by atoms with Crippen LogP contribution in [0.5, 0.6) is 0 Å². The van der Waals surface area contributed by atoms with Gasteiger partial charge in [-0.3, -0.25) is 4.79 Å². The first-order chi connectivity index (χ1) is 14.0. The Hall–Kier alpha value is -3.01. The molecule has 3 aromatic rings. The van der Waals surface area contributed by atoms with Crippen molar-refractivity contribution in [2.45, 2.75) is 12.5 Å². The third-order valence-corrected chi connectivity index (χ3v) is 5.44. The van der Waals surface area contributed by atoms with Crippen molar-refractivity contribution in [3.63, 3.8) is 0 Å². The highest BCUT2D eigenvalue weighted by Crippen LogP contribution is 2.24. The summed E-state index contributed by atoms with van der Waals surface area (Å²) in [6.07, 6.45) is 3.69. The van der Waals surface area contributed by atoms with Gasteiger partial charge in [-0.1, -0.05) is 35.7 Å². The Balaban J connectivity index is 1.55. The second kappa shape index (κ2) is 8.16. The lowest BCUT2D eigenvalue weighted by Gasteiger charge is -2.15. The van der Waals surface area contributed by atoms with Crippen LogP contribution in [0.1, 0.15) is 17.7 Å². The van der Waals surface area contributed by atoms with Gasteiger partial charge in [0.25, 0.3) is 0 Å². The molecule has 1 aliphatic rings. The minimum Gasteiger partial charge on any atom is -0.365 e. The standard InChI is InChI=1S/C21H17Cl2N5O/c1-2-19(29)28-8-7-15(11-28)27-21-16-10-14(26-20(16)24-12-25-21)5-3-13-4-6-17(22)18(23)9-13/h2,4,6,9-10,12,15H,1,7-8,11H2,(H2,24,25,26,27)/t15-/m1/s1. The summed E-state index contributed by atoms with van der Waals surface area (Å²) in [6.45, 7) is 4.86. The van der Waals surface area contributed by atoms with Gasteiger partial charge in [-0.2, -0.15) is 0 Å². The van der Waals surface area contributed by atoms with Crippen LogP contribution in [-0.2, 0) is 4.79 Å². The predicted octanol–water partition coefficient (Wildman–Crippen LogP) is 3.86. The zero-order chi connectivity index (χ0) is 20.4. The molecular weight excluding hydrogens is 409 g/mol. The maximum absolute atomic E-state index is 11.8. The molecular formula is C21H17Cl2N5O. The Bertz CT molecular complexity index is 1160. The molecule has 1 aliphatic heterocycles. The molecule has 0 spiro atoms. The number of hydrogen-bond donors (Lipinski definition) is 2. The fourth-order valence-corrected chi connectivity index (χ4v) is 3.53. The highest BCUT2D eigenvalue weighted by atomic mass is 35.5. The molecule has 4 rings (SSSR count). The van der Waals surface area contributed by atoms with E-state index in [0.717, 1.165) is 17.4 Å². The zero-order valence-corrected chi connectivity index (χ0v) is 16.9.